The van der Waals surface area contributed by atoms with Gasteiger partial charge in [0.25, 0.3) is 5.91 Å². The first-order chi connectivity index (χ1) is 11.1. The van der Waals surface area contributed by atoms with Crippen LogP contribution in [0, 0.1) is 0 Å². The van der Waals surface area contributed by atoms with Gasteiger partial charge in [0.1, 0.15) is 6.54 Å². The molecule has 116 valence electrons. The number of carboxylic acids is 1. The van der Waals surface area contributed by atoms with Gasteiger partial charge in [0.15, 0.2) is 10.7 Å². The summed E-state index contributed by atoms with van der Waals surface area (Å²) in [5, 5.41) is 12.0. The molecule has 1 fully saturated rings. The molecule has 1 aliphatic rings. The fourth-order valence-electron chi connectivity index (χ4n) is 2.95. The minimum Gasteiger partial charge on any atom is -0.480 e. The van der Waals surface area contributed by atoms with Crippen molar-refractivity contribution in [3.8, 4) is 0 Å². The molecule has 2 N–H and O–H groups in total. The first-order valence-electron chi connectivity index (χ1n) is 7.02. The summed E-state index contributed by atoms with van der Waals surface area (Å²) in [5.74, 6) is -1.40. The van der Waals surface area contributed by atoms with Crippen molar-refractivity contribution in [1.82, 2.24) is 10.2 Å². The Bertz CT molecular complexity index is 722. The maximum atomic E-state index is 12.9. The monoisotopic (exact) mass is 326 g/mol. The number of carbonyl (C=O) groups excluding carboxylic acids is 1. The van der Waals surface area contributed by atoms with Gasteiger partial charge in [-0.15, -0.1) is 0 Å². The lowest BCUT2D eigenvalue weighted by Crippen LogP contribution is -2.49. The number of thiocarbonyl (C=S) groups is 1. The molecule has 0 unspecified atom stereocenters. The topological polar surface area (TPSA) is 69.6 Å². The molecule has 0 aliphatic carbocycles. The van der Waals surface area contributed by atoms with E-state index in [1.54, 1.807) is 24.3 Å². The number of hydrogen-bond donors (Lipinski definition) is 2. The van der Waals surface area contributed by atoms with E-state index in [1.165, 1.54) is 4.90 Å². The third-order valence-corrected chi connectivity index (χ3v) is 4.20. The minimum absolute atomic E-state index is 0.116. The molecule has 2 aromatic rings. The van der Waals surface area contributed by atoms with Crippen LogP contribution in [0.1, 0.15) is 11.1 Å². The van der Waals surface area contributed by atoms with Crippen LogP contribution in [0.4, 0.5) is 0 Å². The number of carbonyl (C=O) groups is 2. The van der Waals surface area contributed by atoms with Crippen molar-refractivity contribution < 1.29 is 14.7 Å². The molecule has 1 amide bonds. The number of aliphatic carboxylic acids is 1. The largest absolute Gasteiger partial charge is 0.480 e. The highest BCUT2D eigenvalue weighted by molar-refractivity contribution is 7.80. The molecule has 0 radical (unpaired) electrons. The van der Waals surface area contributed by atoms with Crippen LogP contribution in [0.2, 0.25) is 0 Å². The maximum Gasteiger partial charge on any atom is 0.323 e. The van der Waals surface area contributed by atoms with Gasteiger partial charge < -0.3 is 15.3 Å². The Kier molecular flexibility index (Phi) is 3.83. The van der Waals surface area contributed by atoms with Gasteiger partial charge in [-0.3, -0.25) is 9.59 Å². The van der Waals surface area contributed by atoms with Gasteiger partial charge in [0, 0.05) is 0 Å². The van der Waals surface area contributed by atoms with Gasteiger partial charge in [-0.1, -0.05) is 60.7 Å². The normalized spacial score (nSPS) is 16.3. The predicted octanol–water partition coefficient (Wildman–Crippen LogP) is 1.73. The second-order valence-electron chi connectivity index (χ2n) is 5.18. The van der Waals surface area contributed by atoms with Crippen LogP contribution in [0.3, 0.4) is 0 Å². The van der Waals surface area contributed by atoms with Crippen LogP contribution < -0.4 is 5.32 Å². The Labute approximate surface area is 138 Å². The molecule has 6 heteroatoms. The number of rotatable bonds is 4. The van der Waals surface area contributed by atoms with Crippen molar-refractivity contribution in [2.24, 2.45) is 0 Å². The summed E-state index contributed by atoms with van der Waals surface area (Å²) < 4.78 is 0. The van der Waals surface area contributed by atoms with E-state index in [1.807, 2.05) is 36.4 Å². The summed E-state index contributed by atoms with van der Waals surface area (Å²) in [6.45, 7) is -0.374. The summed E-state index contributed by atoms with van der Waals surface area (Å²) in [7, 11) is 0. The number of nitrogens with one attached hydrogen (secondary N) is 1. The fraction of sp³-hybridized carbons (Fsp3) is 0.118. The fourth-order valence-corrected chi connectivity index (χ4v) is 3.25. The number of hydrogen-bond acceptors (Lipinski definition) is 3. The summed E-state index contributed by atoms with van der Waals surface area (Å²) in [6, 6.07) is 18.1. The molecule has 1 saturated heterocycles. The molecular formula is C17H14N2O3S. The summed E-state index contributed by atoms with van der Waals surface area (Å²) in [4.78, 5) is 25.6. The van der Waals surface area contributed by atoms with Gasteiger partial charge in [-0.05, 0) is 23.3 Å². The van der Waals surface area contributed by atoms with Crippen molar-refractivity contribution in [1.29, 1.82) is 0 Å². The maximum absolute atomic E-state index is 12.9. The average Bonchev–Trinajstić information content (AvgIpc) is 2.80. The first-order valence-corrected chi connectivity index (χ1v) is 7.43. The minimum atomic E-state index is -1.28. The highest BCUT2D eigenvalue weighted by Crippen LogP contribution is 2.39. The molecule has 0 saturated carbocycles. The molecular weight excluding hydrogens is 312 g/mol. The van der Waals surface area contributed by atoms with E-state index in [2.05, 4.69) is 5.32 Å². The number of amides is 1. The number of carboxylic acid groups (broad SMARTS) is 1. The van der Waals surface area contributed by atoms with E-state index < -0.39 is 11.5 Å². The lowest BCUT2D eigenvalue weighted by molar-refractivity contribution is -0.138. The Morgan fingerprint density at radius 2 is 1.52 bits per heavy atom. The summed E-state index contributed by atoms with van der Waals surface area (Å²) in [6.07, 6.45) is 0. The molecule has 1 aliphatic heterocycles. The Hall–Kier alpha value is -2.73. The van der Waals surface area contributed by atoms with E-state index in [4.69, 9.17) is 12.2 Å². The highest BCUT2D eigenvalue weighted by atomic mass is 32.1. The van der Waals surface area contributed by atoms with Crippen molar-refractivity contribution in [3.05, 3.63) is 71.8 Å². The zero-order valence-corrected chi connectivity index (χ0v) is 12.9. The standard InChI is InChI=1S/C17H14N2O3S/c20-14(21)11-19-16(23)18-15(22)17(19,12-7-3-1-4-8-12)13-9-5-2-6-10-13/h1-10H,11H2,(H,20,21)(H,18,22,23). The molecule has 0 aromatic heterocycles. The zero-order chi connectivity index (χ0) is 16.4. The summed E-state index contributed by atoms with van der Waals surface area (Å²) >= 11 is 5.22. The highest BCUT2D eigenvalue weighted by Gasteiger charge is 2.54. The molecule has 0 bridgehead atoms. The predicted molar refractivity (Wildman–Crippen MR) is 88.7 cm³/mol. The van der Waals surface area contributed by atoms with Crippen LogP contribution in [0.25, 0.3) is 0 Å². The lowest BCUT2D eigenvalue weighted by atomic mass is 9.81. The van der Waals surface area contributed by atoms with Gasteiger partial charge in [-0.2, -0.15) is 0 Å². The molecule has 2 aromatic carbocycles. The molecule has 0 atom stereocenters. The second-order valence-corrected chi connectivity index (χ2v) is 5.57. The van der Waals surface area contributed by atoms with Crippen LogP contribution in [-0.2, 0) is 15.1 Å². The third kappa shape index (κ3) is 2.37. The Morgan fingerprint density at radius 1 is 1.04 bits per heavy atom. The lowest BCUT2D eigenvalue weighted by Gasteiger charge is -2.36. The van der Waals surface area contributed by atoms with Crippen molar-refractivity contribution >= 4 is 29.2 Å². The van der Waals surface area contributed by atoms with Gasteiger partial charge >= 0.3 is 5.97 Å². The average molecular weight is 326 g/mol. The summed E-state index contributed by atoms with van der Waals surface area (Å²) in [5.41, 5.74) is 0.0625. The van der Waals surface area contributed by atoms with E-state index in [0.29, 0.717) is 11.1 Å². The second kappa shape index (κ2) is 5.81. The smallest absolute Gasteiger partial charge is 0.323 e. The molecule has 5 nitrogen and oxygen atoms in total. The van der Waals surface area contributed by atoms with Gasteiger partial charge in [-0.25, -0.2) is 0 Å². The molecule has 0 spiro atoms. The van der Waals surface area contributed by atoms with Crippen LogP contribution in [0.5, 0.6) is 0 Å². The SMILES string of the molecule is O=C(O)CN1C(=S)NC(=O)C1(c1ccccc1)c1ccccc1. The van der Waals surface area contributed by atoms with Crippen molar-refractivity contribution in [2.45, 2.75) is 5.54 Å². The van der Waals surface area contributed by atoms with Gasteiger partial charge in [0.2, 0.25) is 0 Å². The Morgan fingerprint density at radius 3 is 1.96 bits per heavy atom. The third-order valence-electron chi connectivity index (χ3n) is 3.88. The van der Waals surface area contributed by atoms with Crippen molar-refractivity contribution in [3.63, 3.8) is 0 Å². The first kappa shape index (κ1) is 15.2. The van der Waals surface area contributed by atoms with E-state index in [9.17, 15) is 14.7 Å². The van der Waals surface area contributed by atoms with E-state index in [-0.39, 0.29) is 17.6 Å². The van der Waals surface area contributed by atoms with E-state index in [0.717, 1.165) is 0 Å². The number of benzene rings is 2. The van der Waals surface area contributed by atoms with E-state index >= 15 is 0 Å². The molecule has 23 heavy (non-hydrogen) atoms. The van der Waals surface area contributed by atoms with Crippen LogP contribution in [0.15, 0.2) is 60.7 Å². The van der Waals surface area contributed by atoms with Gasteiger partial charge in [0.05, 0.1) is 0 Å². The zero-order valence-electron chi connectivity index (χ0n) is 12.1. The quantitative estimate of drug-likeness (QED) is 0.838. The molecule has 3 rings (SSSR count). The van der Waals surface area contributed by atoms with Crippen LogP contribution in [-0.4, -0.2) is 33.5 Å². The van der Waals surface area contributed by atoms with Crippen molar-refractivity contribution in [2.75, 3.05) is 6.54 Å². The Balaban J connectivity index is 2.28. The molecule has 1 heterocycles. The van der Waals surface area contributed by atoms with Crippen LogP contribution >= 0.6 is 12.2 Å². The number of nitrogens with zero attached hydrogens (tertiary/aromatic N) is 1.